The van der Waals surface area contributed by atoms with Crippen LogP contribution in [0.2, 0.25) is 0 Å². The van der Waals surface area contributed by atoms with Crippen LogP contribution in [-0.2, 0) is 9.53 Å². The smallest absolute Gasteiger partial charge is 0.410 e. The number of carbonyl (C=O) groups excluding carboxylic acids is 1. The minimum Gasteiger partial charge on any atom is -0.481 e. The minimum absolute atomic E-state index is 0.186. The van der Waals surface area contributed by atoms with Crippen LogP contribution in [0.3, 0.4) is 0 Å². The average molecular weight is 255 g/mol. The molecule has 3 atom stereocenters. The van der Waals surface area contributed by atoms with Gasteiger partial charge >= 0.3 is 12.1 Å². The molecular formula is C13H21NO4. The van der Waals surface area contributed by atoms with Crippen molar-refractivity contribution in [3.05, 3.63) is 0 Å². The van der Waals surface area contributed by atoms with Gasteiger partial charge in [-0.05, 0) is 45.4 Å². The number of carboxylic acid groups (broad SMARTS) is 1. The summed E-state index contributed by atoms with van der Waals surface area (Å²) in [6.07, 6.45) is 1.38. The lowest BCUT2D eigenvalue weighted by atomic mass is 10.0. The van der Waals surface area contributed by atoms with Gasteiger partial charge in [-0.2, -0.15) is 0 Å². The SMILES string of the molecule is CC(C)(C)OC(=O)N1CCC([C@@H]2C[C@H]2C(=O)O)C1. The third-order valence-corrected chi connectivity index (χ3v) is 3.64. The first-order chi connectivity index (χ1) is 8.28. The van der Waals surface area contributed by atoms with E-state index in [1.165, 1.54) is 0 Å². The maximum atomic E-state index is 11.9. The molecule has 2 rings (SSSR count). The summed E-state index contributed by atoms with van der Waals surface area (Å²) in [4.78, 5) is 24.4. The number of carboxylic acids is 1. The van der Waals surface area contributed by atoms with Crippen LogP contribution >= 0.6 is 0 Å². The van der Waals surface area contributed by atoms with Crippen LogP contribution in [0.25, 0.3) is 0 Å². The molecule has 2 aliphatic rings. The van der Waals surface area contributed by atoms with E-state index >= 15 is 0 Å². The lowest BCUT2D eigenvalue weighted by Gasteiger charge is -2.24. The van der Waals surface area contributed by atoms with Gasteiger partial charge in [0.05, 0.1) is 5.92 Å². The summed E-state index contributed by atoms with van der Waals surface area (Å²) in [5.41, 5.74) is -0.474. The highest BCUT2D eigenvalue weighted by molar-refractivity contribution is 5.73. The van der Waals surface area contributed by atoms with Gasteiger partial charge in [-0.25, -0.2) is 4.79 Å². The Bertz CT molecular complexity index is 360. The van der Waals surface area contributed by atoms with E-state index in [1.807, 2.05) is 20.8 Å². The van der Waals surface area contributed by atoms with Crippen molar-refractivity contribution in [2.45, 2.75) is 39.2 Å². The summed E-state index contributed by atoms with van der Waals surface area (Å²) in [5.74, 6) is -0.294. The van der Waals surface area contributed by atoms with E-state index in [2.05, 4.69) is 0 Å². The van der Waals surface area contributed by atoms with Gasteiger partial charge in [-0.1, -0.05) is 0 Å². The lowest BCUT2D eigenvalue weighted by molar-refractivity contribution is -0.139. The maximum Gasteiger partial charge on any atom is 0.410 e. The fourth-order valence-corrected chi connectivity index (χ4v) is 2.65. The second-order valence-corrected chi connectivity index (χ2v) is 6.32. The molecule has 0 aromatic heterocycles. The first-order valence-electron chi connectivity index (χ1n) is 6.48. The second-order valence-electron chi connectivity index (χ2n) is 6.32. The minimum atomic E-state index is -0.698. The van der Waals surface area contributed by atoms with E-state index in [0.29, 0.717) is 19.0 Å². The molecule has 1 saturated heterocycles. The van der Waals surface area contributed by atoms with Gasteiger partial charge in [0.25, 0.3) is 0 Å². The quantitative estimate of drug-likeness (QED) is 0.819. The van der Waals surface area contributed by atoms with Gasteiger partial charge in [-0.15, -0.1) is 0 Å². The van der Waals surface area contributed by atoms with Gasteiger partial charge in [0, 0.05) is 13.1 Å². The molecule has 1 aliphatic heterocycles. The van der Waals surface area contributed by atoms with Crippen LogP contribution in [0.5, 0.6) is 0 Å². The molecule has 5 heteroatoms. The average Bonchev–Trinajstić information content (AvgIpc) is 2.86. The van der Waals surface area contributed by atoms with Gasteiger partial charge in [0.15, 0.2) is 0 Å². The van der Waals surface area contributed by atoms with Crippen molar-refractivity contribution < 1.29 is 19.4 Å². The summed E-state index contributed by atoms with van der Waals surface area (Å²) in [7, 11) is 0. The molecule has 0 aromatic rings. The predicted octanol–water partition coefficient (Wildman–Crippen LogP) is 1.96. The Morgan fingerprint density at radius 2 is 2.00 bits per heavy atom. The molecule has 1 saturated carbocycles. The molecule has 0 aromatic carbocycles. The van der Waals surface area contributed by atoms with Crippen LogP contribution in [-0.4, -0.2) is 40.8 Å². The van der Waals surface area contributed by atoms with E-state index in [0.717, 1.165) is 12.8 Å². The number of hydrogen-bond donors (Lipinski definition) is 1. The topological polar surface area (TPSA) is 66.8 Å². The Morgan fingerprint density at radius 1 is 1.33 bits per heavy atom. The number of rotatable bonds is 2. The second kappa shape index (κ2) is 4.44. The molecule has 18 heavy (non-hydrogen) atoms. The molecule has 1 aliphatic carbocycles. The molecule has 1 heterocycles. The molecule has 1 amide bonds. The lowest BCUT2D eigenvalue weighted by Crippen LogP contribution is -2.35. The monoisotopic (exact) mass is 255 g/mol. The molecule has 1 unspecified atom stereocenters. The van der Waals surface area contributed by atoms with Crippen LogP contribution in [0.15, 0.2) is 0 Å². The zero-order valence-electron chi connectivity index (χ0n) is 11.2. The highest BCUT2D eigenvalue weighted by atomic mass is 16.6. The number of hydrogen-bond acceptors (Lipinski definition) is 3. The first-order valence-corrected chi connectivity index (χ1v) is 6.48. The molecular weight excluding hydrogens is 234 g/mol. The molecule has 102 valence electrons. The summed E-state index contributed by atoms with van der Waals surface area (Å²) in [6, 6.07) is 0. The molecule has 1 N–H and O–H groups in total. The number of likely N-dealkylation sites (tertiary alicyclic amines) is 1. The molecule has 5 nitrogen and oxygen atoms in total. The highest BCUT2D eigenvalue weighted by Gasteiger charge is 2.50. The van der Waals surface area contributed by atoms with Gasteiger partial charge in [-0.3, -0.25) is 4.79 Å². The zero-order chi connectivity index (χ0) is 13.5. The van der Waals surface area contributed by atoms with Crippen molar-refractivity contribution in [3.63, 3.8) is 0 Å². The van der Waals surface area contributed by atoms with Crippen LogP contribution in [0.4, 0.5) is 4.79 Å². The van der Waals surface area contributed by atoms with Crippen LogP contribution in [0, 0.1) is 17.8 Å². The van der Waals surface area contributed by atoms with Crippen molar-refractivity contribution in [2.24, 2.45) is 17.8 Å². The Balaban J connectivity index is 1.82. The van der Waals surface area contributed by atoms with Gasteiger partial charge in [0.2, 0.25) is 0 Å². The Morgan fingerprint density at radius 3 is 2.50 bits per heavy atom. The molecule has 2 fully saturated rings. The standard InChI is InChI=1S/C13H21NO4/c1-13(2,3)18-12(17)14-5-4-8(7-14)9-6-10(9)11(15)16/h8-10H,4-7H2,1-3H3,(H,15,16)/t8?,9-,10+/m0/s1. The Kier molecular flexibility index (Phi) is 3.25. The number of nitrogens with zero attached hydrogens (tertiary/aromatic N) is 1. The van der Waals surface area contributed by atoms with Crippen molar-refractivity contribution in [1.29, 1.82) is 0 Å². The number of ether oxygens (including phenoxy) is 1. The Hall–Kier alpha value is -1.26. The van der Waals surface area contributed by atoms with E-state index in [1.54, 1.807) is 4.90 Å². The largest absolute Gasteiger partial charge is 0.481 e. The van der Waals surface area contributed by atoms with Crippen LogP contribution in [0.1, 0.15) is 33.6 Å². The predicted molar refractivity (Wildman–Crippen MR) is 65.1 cm³/mol. The van der Waals surface area contributed by atoms with E-state index in [-0.39, 0.29) is 17.9 Å². The normalized spacial score (nSPS) is 31.3. The van der Waals surface area contributed by atoms with Crippen molar-refractivity contribution >= 4 is 12.1 Å². The number of amides is 1. The van der Waals surface area contributed by atoms with Crippen molar-refractivity contribution in [2.75, 3.05) is 13.1 Å². The van der Waals surface area contributed by atoms with Crippen molar-refractivity contribution in [3.8, 4) is 0 Å². The number of carbonyl (C=O) groups is 2. The van der Waals surface area contributed by atoms with Crippen LogP contribution < -0.4 is 0 Å². The summed E-state index contributed by atoms with van der Waals surface area (Å²) in [6.45, 7) is 6.87. The molecule has 0 bridgehead atoms. The fraction of sp³-hybridized carbons (Fsp3) is 0.846. The summed E-state index contributed by atoms with van der Waals surface area (Å²) < 4.78 is 5.32. The Labute approximate surface area is 107 Å². The van der Waals surface area contributed by atoms with E-state index < -0.39 is 11.6 Å². The fourth-order valence-electron chi connectivity index (χ4n) is 2.65. The molecule has 0 spiro atoms. The number of aliphatic carboxylic acids is 1. The van der Waals surface area contributed by atoms with Gasteiger partial charge in [0.1, 0.15) is 5.60 Å². The summed E-state index contributed by atoms with van der Waals surface area (Å²) >= 11 is 0. The first kappa shape index (κ1) is 13.2. The highest BCUT2D eigenvalue weighted by Crippen LogP contribution is 2.47. The third-order valence-electron chi connectivity index (χ3n) is 3.64. The maximum absolute atomic E-state index is 11.9. The van der Waals surface area contributed by atoms with Gasteiger partial charge < -0.3 is 14.7 Å². The zero-order valence-corrected chi connectivity index (χ0v) is 11.2. The summed E-state index contributed by atoms with van der Waals surface area (Å²) in [5, 5.41) is 8.91. The van der Waals surface area contributed by atoms with E-state index in [9.17, 15) is 9.59 Å². The third kappa shape index (κ3) is 2.94. The molecule has 0 radical (unpaired) electrons. The van der Waals surface area contributed by atoms with E-state index in [4.69, 9.17) is 9.84 Å². The van der Waals surface area contributed by atoms with Crippen molar-refractivity contribution in [1.82, 2.24) is 4.90 Å².